The third kappa shape index (κ3) is 5.31. The standard InChI is InChI=1S/C14H30N2/c1-14(2,3)11-12(15)9-10-16(4)13-7-5-6-8-13/h12-13H,5-11,15H2,1-4H3. The fourth-order valence-electron chi connectivity index (χ4n) is 2.79. The van der Waals surface area contributed by atoms with Gasteiger partial charge >= 0.3 is 0 Å². The van der Waals surface area contributed by atoms with E-state index in [-0.39, 0.29) is 0 Å². The molecule has 0 amide bonds. The van der Waals surface area contributed by atoms with Crippen molar-refractivity contribution in [2.75, 3.05) is 13.6 Å². The maximum atomic E-state index is 6.18. The van der Waals surface area contributed by atoms with Gasteiger partial charge in [0.05, 0.1) is 0 Å². The number of hydrogen-bond donors (Lipinski definition) is 1. The van der Waals surface area contributed by atoms with Gasteiger partial charge in [0.2, 0.25) is 0 Å². The summed E-state index contributed by atoms with van der Waals surface area (Å²) in [7, 11) is 2.26. The Balaban J connectivity index is 2.17. The molecule has 1 rings (SSSR count). The van der Waals surface area contributed by atoms with Crippen LogP contribution in [-0.4, -0.2) is 30.6 Å². The molecule has 1 atom stereocenters. The van der Waals surface area contributed by atoms with E-state index in [1.54, 1.807) is 0 Å². The molecule has 0 aromatic carbocycles. The molecule has 0 radical (unpaired) electrons. The number of nitrogens with two attached hydrogens (primary N) is 1. The van der Waals surface area contributed by atoms with Crippen LogP contribution in [0.3, 0.4) is 0 Å². The largest absolute Gasteiger partial charge is 0.328 e. The van der Waals surface area contributed by atoms with Crippen molar-refractivity contribution in [3.63, 3.8) is 0 Å². The lowest BCUT2D eigenvalue weighted by Crippen LogP contribution is -2.35. The fourth-order valence-corrected chi connectivity index (χ4v) is 2.79. The van der Waals surface area contributed by atoms with Crippen molar-refractivity contribution < 1.29 is 0 Å². The van der Waals surface area contributed by atoms with Gasteiger partial charge in [-0.15, -0.1) is 0 Å². The van der Waals surface area contributed by atoms with Crippen molar-refractivity contribution in [2.24, 2.45) is 11.1 Å². The normalized spacial score (nSPS) is 20.6. The molecule has 1 saturated carbocycles. The van der Waals surface area contributed by atoms with Gasteiger partial charge in [0.1, 0.15) is 0 Å². The first-order chi connectivity index (χ1) is 7.38. The Bertz CT molecular complexity index is 189. The van der Waals surface area contributed by atoms with E-state index in [0.717, 1.165) is 18.9 Å². The van der Waals surface area contributed by atoms with E-state index >= 15 is 0 Å². The quantitative estimate of drug-likeness (QED) is 0.781. The Labute approximate surface area is 102 Å². The third-order valence-electron chi connectivity index (χ3n) is 3.68. The highest BCUT2D eigenvalue weighted by atomic mass is 15.1. The monoisotopic (exact) mass is 226 g/mol. The predicted molar refractivity (Wildman–Crippen MR) is 71.6 cm³/mol. The van der Waals surface area contributed by atoms with Gasteiger partial charge in [-0.2, -0.15) is 0 Å². The van der Waals surface area contributed by atoms with Gasteiger partial charge in [0.25, 0.3) is 0 Å². The second kappa shape index (κ2) is 6.02. The Morgan fingerprint density at radius 2 is 1.81 bits per heavy atom. The zero-order chi connectivity index (χ0) is 12.2. The van der Waals surface area contributed by atoms with E-state index < -0.39 is 0 Å². The lowest BCUT2D eigenvalue weighted by Gasteiger charge is -2.27. The Morgan fingerprint density at radius 1 is 1.25 bits per heavy atom. The molecule has 1 fully saturated rings. The molecule has 1 unspecified atom stereocenters. The SMILES string of the molecule is CN(CCC(N)CC(C)(C)C)C1CCCC1. The van der Waals surface area contributed by atoms with Crippen molar-refractivity contribution in [1.82, 2.24) is 4.90 Å². The maximum Gasteiger partial charge on any atom is 0.00922 e. The van der Waals surface area contributed by atoms with Crippen LogP contribution < -0.4 is 5.73 Å². The average molecular weight is 226 g/mol. The van der Waals surface area contributed by atoms with E-state index in [1.807, 2.05) is 0 Å². The second-order valence-electron chi connectivity index (χ2n) is 6.73. The molecule has 0 aromatic rings. The summed E-state index contributed by atoms with van der Waals surface area (Å²) >= 11 is 0. The molecule has 0 saturated heterocycles. The zero-order valence-electron chi connectivity index (χ0n) is 11.6. The van der Waals surface area contributed by atoms with Crippen molar-refractivity contribution in [3.05, 3.63) is 0 Å². The molecular formula is C14H30N2. The summed E-state index contributed by atoms with van der Waals surface area (Å²) in [5.74, 6) is 0. The summed E-state index contributed by atoms with van der Waals surface area (Å²) in [6.45, 7) is 7.98. The molecule has 0 aromatic heterocycles. The first kappa shape index (κ1) is 14.0. The van der Waals surface area contributed by atoms with Crippen LogP contribution >= 0.6 is 0 Å². The minimum atomic E-state index is 0.365. The summed E-state index contributed by atoms with van der Waals surface area (Å²) in [6.07, 6.45) is 7.90. The van der Waals surface area contributed by atoms with Crippen LogP contribution in [-0.2, 0) is 0 Å². The molecule has 2 nitrogen and oxygen atoms in total. The molecular weight excluding hydrogens is 196 g/mol. The topological polar surface area (TPSA) is 29.3 Å². The summed E-state index contributed by atoms with van der Waals surface area (Å²) in [5.41, 5.74) is 6.55. The van der Waals surface area contributed by atoms with Crippen LogP contribution in [0.1, 0.15) is 59.3 Å². The van der Waals surface area contributed by atoms with Gasteiger partial charge in [-0.05, 0) is 44.7 Å². The highest BCUT2D eigenvalue weighted by Gasteiger charge is 2.21. The number of hydrogen-bond acceptors (Lipinski definition) is 2. The number of rotatable bonds is 5. The van der Waals surface area contributed by atoms with Gasteiger partial charge in [-0.1, -0.05) is 33.6 Å². The molecule has 16 heavy (non-hydrogen) atoms. The molecule has 0 bridgehead atoms. The number of nitrogens with zero attached hydrogens (tertiary/aromatic N) is 1. The Kier molecular flexibility index (Phi) is 5.26. The lowest BCUT2D eigenvalue weighted by molar-refractivity contribution is 0.226. The van der Waals surface area contributed by atoms with Crippen LogP contribution in [0.5, 0.6) is 0 Å². The summed E-state index contributed by atoms with van der Waals surface area (Å²) < 4.78 is 0. The third-order valence-corrected chi connectivity index (χ3v) is 3.68. The van der Waals surface area contributed by atoms with Gasteiger partial charge in [0.15, 0.2) is 0 Å². The maximum absolute atomic E-state index is 6.18. The molecule has 2 heteroatoms. The van der Waals surface area contributed by atoms with Crippen LogP contribution in [0, 0.1) is 5.41 Å². The average Bonchev–Trinajstić information content (AvgIpc) is 2.64. The molecule has 0 heterocycles. The van der Waals surface area contributed by atoms with Crippen molar-refractivity contribution in [1.29, 1.82) is 0 Å². The summed E-state index contributed by atoms with van der Waals surface area (Å²) in [6, 6.07) is 1.20. The van der Waals surface area contributed by atoms with E-state index in [1.165, 1.54) is 32.2 Å². The smallest absolute Gasteiger partial charge is 0.00922 e. The molecule has 0 aliphatic heterocycles. The molecule has 1 aliphatic carbocycles. The first-order valence-corrected chi connectivity index (χ1v) is 6.84. The first-order valence-electron chi connectivity index (χ1n) is 6.84. The summed E-state index contributed by atoms with van der Waals surface area (Å²) in [4.78, 5) is 2.52. The van der Waals surface area contributed by atoms with E-state index in [0.29, 0.717) is 11.5 Å². The molecule has 96 valence electrons. The molecule has 0 spiro atoms. The fraction of sp³-hybridized carbons (Fsp3) is 1.00. The second-order valence-corrected chi connectivity index (χ2v) is 6.73. The van der Waals surface area contributed by atoms with Crippen molar-refractivity contribution >= 4 is 0 Å². The van der Waals surface area contributed by atoms with Crippen molar-refractivity contribution in [3.8, 4) is 0 Å². The van der Waals surface area contributed by atoms with E-state index in [9.17, 15) is 0 Å². The van der Waals surface area contributed by atoms with Crippen LogP contribution in [0.15, 0.2) is 0 Å². The summed E-state index contributed by atoms with van der Waals surface area (Å²) in [5, 5.41) is 0. The van der Waals surface area contributed by atoms with Crippen LogP contribution in [0.2, 0.25) is 0 Å². The predicted octanol–water partition coefficient (Wildman–Crippen LogP) is 3.01. The highest BCUT2D eigenvalue weighted by molar-refractivity contribution is 4.77. The van der Waals surface area contributed by atoms with Crippen LogP contribution in [0.25, 0.3) is 0 Å². The van der Waals surface area contributed by atoms with E-state index in [4.69, 9.17) is 5.73 Å². The van der Waals surface area contributed by atoms with Gasteiger partial charge in [-0.25, -0.2) is 0 Å². The molecule has 1 aliphatic rings. The van der Waals surface area contributed by atoms with Gasteiger partial charge in [0, 0.05) is 12.1 Å². The minimum absolute atomic E-state index is 0.365. The Morgan fingerprint density at radius 3 is 2.31 bits per heavy atom. The minimum Gasteiger partial charge on any atom is -0.328 e. The van der Waals surface area contributed by atoms with Gasteiger partial charge < -0.3 is 10.6 Å². The van der Waals surface area contributed by atoms with Crippen LogP contribution in [0.4, 0.5) is 0 Å². The highest BCUT2D eigenvalue weighted by Crippen LogP contribution is 2.24. The van der Waals surface area contributed by atoms with Crippen molar-refractivity contribution in [2.45, 2.75) is 71.4 Å². The zero-order valence-corrected chi connectivity index (χ0v) is 11.6. The van der Waals surface area contributed by atoms with Gasteiger partial charge in [-0.3, -0.25) is 0 Å². The Hall–Kier alpha value is -0.0800. The lowest BCUT2D eigenvalue weighted by atomic mass is 9.87. The van der Waals surface area contributed by atoms with E-state index in [2.05, 4.69) is 32.7 Å². The molecule has 2 N–H and O–H groups in total.